The summed E-state index contributed by atoms with van der Waals surface area (Å²) in [5.74, 6) is 0. The molecule has 58 valence electrons. The predicted octanol–water partition coefficient (Wildman–Crippen LogP) is 2.95. The van der Waals surface area contributed by atoms with E-state index in [4.69, 9.17) is 16.9 Å². The molecule has 0 unspecified atom stereocenters. The summed E-state index contributed by atoms with van der Waals surface area (Å²) in [7, 11) is 0. The molecule has 0 bridgehead atoms. The second kappa shape index (κ2) is 3.99. The summed E-state index contributed by atoms with van der Waals surface area (Å²) < 4.78 is 0. The third-order valence-corrected chi connectivity index (χ3v) is 1.67. The largest absolute Gasteiger partial charge is 0.195 e. The molecule has 0 amide bonds. The van der Waals surface area contributed by atoms with Crippen LogP contribution in [-0.2, 0) is 0 Å². The first-order chi connectivity index (χ1) is 5.77. The first-order valence-corrected chi connectivity index (χ1v) is 3.84. The van der Waals surface area contributed by atoms with Crippen molar-refractivity contribution in [3.63, 3.8) is 0 Å². The highest BCUT2D eigenvalue weighted by molar-refractivity contribution is 7.78. The SMILES string of the molecule is N#Cc1cc(N=C=S)ccc1Cl. The minimum Gasteiger partial charge on any atom is -0.195 e. The number of hydrogen-bond acceptors (Lipinski definition) is 3. The van der Waals surface area contributed by atoms with Gasteiger partial charge in [-0.25, -0.2) is 0 Å². The summed E-state index contributed by atoms with van der Waals surface area (Å²) in [5, 5.41) is 11.2. The Morgan fingerprint density at radius 2 is 2.25 bits per heavy atom. The molecule has 0 fully saturated rings. The van der Waals surface area contributed by atoms with E-state index in [-0.39, 0.29) is 0 Å². The third kappa shape index (κ3) is 1.90. The monoisotopic (exact) mass is 194 g/mol. The number of aliphatic imine (C=N–C) groups is 1. The smallest absolute Gasteiger partial charge is 0.101 e. The lowest BCUT2D eigenvalue weighted by atomic mass is 10.2. The van der Waals surface area contributed by atoms with Crippen LogP contribution in [0.5, 0.6) is 0 Å². The highest BCUT2D eigenvalue weighted by Gasteiger charge is 1.98. The highest BCUT2D eigenvalue weighted by atomic mass is 35.5. The lowest BCUT2D eigenvalue weighted by Gasteiger charge is -1.94. The number of benzene rings is 1. The predicted molar refractivity (Wildman–Crippen MR) is 50.9 cm³/mol. The molecule has 1 aromatic rings. The van der Waals surface area contributed by atoms with E-state index >= 15 is 0 Å². The number of thiocarbonyl (C=S) groups is 1. The second-order valence-electron chi connectivity index (χ2n) is 1.98. The fraction of sp³-hybridized carbons (Fsp3) is 0. The summed E-state index contributed by atoms with van der Waals surface area (Å²) in [4.78, 5) is 3.71. The van der Waals surface area contributed by atoms with Crippen molar-refractivity contribution in [3.8, 4) is 6.07 Å². The van der Waals surface area contributed by atoms with E-state index in [2.05, 4.69) is 22.4 Å². The number of isothiocyanates is 1. The lowest BCUT2D eigenvalue weighted by molar-refractivity contribution is 1.46. The minimum atomic E-state index is 0.392. The molecule has 0 radical (unpaired) electrons. The molecule has 1 rings (SSSR count). The summed E-state index contributed by atoms with van der Waals surface area (Å²) in [5.41, 5.74) is 0.981. The minimum absolute atomic E-state index is 0.392. The van der Waals surface area contributed by atoms with E-state index < -0.39 is 0 Å². The van der Waals surface area contributed by atoms with Gasteiger partial charge in [-0.1, -0.05) is 11.6 Å². The molecule has 0 aliphatic rings. The van der Waals surface area contributed by atoms with Crippen LogP contribution in [0.1, 0.15) is 5.56 Å². The third-order valence-electron chi connectivity index (χ3n) is 1.25. The Morgan fingerprint density at radius 3 is 2.83 bits per heavy atom. The average molecular weight is 195 g/mol. The van der Waals surface area contributed by atoms with Crippen molar-refractivity contribution in [3.05, 3.63) is 28.8 Å². The number of nitriles is 1. The lowest BCUT2D eigenvalue weighted by Crippen LogP contribution is -1.74. The first kappa shape index (κ1) is 8.89. The number of rotatable bonds is 1. The van der Waals surface area contributed by atoms with Gasteiger partial charge in [-0.05, 0) is 30.4 Å². The topological polar surface area (TPSA) is 36.1 Å². The number of hydrogen-bond donors (Lipinski definition) is 0. The molecule has 0 N–H and O–H groups in total. The van der Waals surface area contributed by atoms with Crippen LogP contribution in [-0.4, -0.2) is 5.16 Å². The van der Waals surface area contributed by atoms with Gasteiger partial charge in [0.15, 0.2) is 0 Å². The van der Waals surface area contributed by atoms with Gasteiger partial charge in [0, 0.05) is 0 Å². The van der Waals surface area contributed by atoms with E-state index in [1.54, 1.807) is 18.2 Å². The maximum Gasteiger partial charge on any atom is 0.101 e. The molecule has 0 aliphatic carbocycles. The van der Waals surface area contributed by atoms with Crippen LogP contribution in [0, 0.1) is 11.3 Å². The van der Waals surface area contributed by atoms with Crippen molar-refractivity contribution in [2.75, 3.05) is 0 Å². The van der Waals surface area contributed by atoms with Crippen LogP contribution in [0.2, 0.25) is 5.02 Å². The van der Waals surface area contributed by atoms with Gasteiger partial charge in [-0.15, -0.1) is 0 Å². The zero-order valence-electron chi connectivity index (χ0n) is 5.91. The van der Waals surface area contributed by atoms with Gasteiger partial charge in [0.2, 0.25) is 0 Å². The molecular formula is C8H3ClN2S. The van der Waals surface area contributed by atoms with Gasteiger partial charge in [0.25, 0.3) is 0 Å². The maximum absolute atomic E-state index is 8.59. The zero-order chi connectivity index (χ0) is 8.97. The second-order valence-corrected chi connectivity index (χ2v) is 2.57. The van der Waals surface area contributed by atoms with Crippen LogP contribution in [0.3, 0.4) is 0 Å². The fourth-order valence-corrected chi connectivity index (χ4v) is 0.986. The van der Waals surface area contributed by atoms with Crippen molar-refractivity contribution in [1.29, 1.82) is 5.26 Å². The Balaban J connectivity index is 3.24. The maximum atomic E-state index is 8.59. The van der Waals surface area contributed by atoms with E-state index in [0.29, 0.717) is 16.3 Å². The number of halogens is 1. The first-order valence-electron chi connectivity index (χ1n) is 3.05. The van der Waals surface area contributed by atoms with Gasteiger partial charge in [0.05, 0.1) is 21.4 Å². The fourth-order valence-electron chi connectivity index (χ4n) is 0.721. The van der Waals surface area contributed by atoms with Gasteiger partial charge in [-0.2, -0.15) is 10.3 Å². The van der Waals surface area contributed by atoms with E-state index in [1.807, 2.05) is 6.07 Å². The Labute approximate surface area is 80.1 Å². The Morgan fingerprint density at radius 1 is 1.50 bits per heavy atom. The van der Waals surface area contributed by atoms with E-state index in [9.17, 15) is 0 Å². The molecule has 0 aliphatic heterocycles. The number of nitrogens with zero attached hydrogens (tertiary/aromatic N) is 2. The van der Waals surface area contributed by atoms with E-state index in [1.165, 1.54) is 0 Å². The Hall–Kier alpha value is -1.20. The quantitative estimate of drug-likeness (QED) is 0.509. The molecule has 2 nitrogen and oxygen atoms in total. The van der Waals surface area contributed by atoms with Crippen LogP contribution in [0.4, 0.5) is 5.69 Å². The molecule has 0 heterocycles. The van der Waals surface area contributed by atoms with Gasteiger partial charge < -0.3 is 0 Å². The van der Waals surface area contributed by atoms with Crippen molar-refractivity contribution in [1.82, 2.24) is 0 Å². The zero-order valence-corrected chi connectivity index (χ0v) is 7.49. The summed E-state index contributed by atoms with van der Waals surface area (Å²) >= 11 is 10.1. The summed E-state index contributed by atoms with van der Waals surface area (Å²) in [6.45, 7) is 0. The van der Waals surface area contributed by atoms with Crippen LogP contribution in [0.25, 0.3) is 0 Å². The van der Waals surface area contributed by atoms with Gasteiger partial charge in [-0.3, -0.25) is 0 Å². The van der Waals surface area contributed by atoms with E-state index in [0.717, 1.165) is 0 Å². The molecule has 0 atom stereocenters. The Kier molecular flexibility index (Phi) is 2.95. The van der Waals surface area contributed by atoms with Gasteiger partial charge >= 0.3 is 0 Å². The van der Waals surface area contributed by atoms with Crippen molar-refractivity contribution < 1.29 is 0 Å². The van der Waals surface area contributed by atoms with Crippen LogP contribution in [0.15, 0.2) is 23.2 Å². The van der Waals surface area contributed by atoms with Crippen molar-refractivity contribution in [2.45, 2.75) is 0 Å². The normalized spacial score (nSPS) is 8.33. The summed E-state index contributed by atoms with van der Waals surface area (Å²) in [6, 6.07) is 6.77. The average Bonchev–Trinajstić information content (AvgIpc) is 2.09. The Bertz CT molecular complexity index is 389. The molecule has 0 spiro atoms. The molecule has 0 aromatic heterocycles. The van der Waals surface area contributed by atoms with Crippen LogP contribution < -0.4 is 0 Å². The molecule has 1 aromatic carbocycles. The molecular weight excluding hydrogens is 192 g/mol. The molecule has 0 saturated carbocycles. The van der Waals surface area contributed by atoms with Crippen LogP contribution >= 0.6 is 23.8 Å². The molecule has 4 heteroatoms. The highest BCUT2D eigenvalue weighted by Crippen LogP contribution is 2.20. The van der Waals surface area contributed by atoms with Crippen molar-refractivity contribution >= 4 is 34.7 Å². The summed E-state index contributed by atoms with van der Waals surface area (Å²) in [6.07, 6.45) is 0. The molecule has 0 saturated heterocycles. The standard InChI is InChI=1S/C8H3ClN2S/c9-8-2-1-7(11-5-12)3-6(8)4-10/h1-3H. The van der Waals surface area contributed by atoms with Crippen molar-refractivity contribution in [2.24, 2.45) is 4.99 Å². The van der Waals surface area contributed by atoms with Gasteiger partial charge in [0.1, 0.15) is 6.07 Å². The molecule has 12 heavy (non-hydrogen) atoms.